The van der Waals surface area contributed by atoms with E-state index in [9.17, 15) is 17.6 Å². The van der Waals surface area contributed by atoms with Crippen LogP contribution in [0.3, 0.4) is 0 Å². The lowest BCUT2D eigenvalue weighted by Gasteiger charge is -2.27. The van der Waals surface area contributed by atoms with Crippen LogP contribution in [0, 0.1) is 11.2 Å². The monoisotopic (exact) mass is 290 g/mol. The number of carbonyl (C=O) groups is 1. The Morgan fingerprint density at radius 1 is 1.47 bits per heavy atom. The fourth-order valence-corrected chi connectivity index (χ4v) is 2.78. The molecule has 1 aromatic rings. The fraction of sp³-hybridized carbons (Fsp3) is 0.455. The largest absolute Gasteiger partial charge is 0.480 e. The summed E-state index contributed by atoms with van der Waals surface area (Å²) < 4.78 is 39.2. The SMILES string of the molecule is CC(C)(C)[C@H](NS(=O)(=O)c1ncccc1F)C(=O)O. The Labute approximate surface area is 110 Å². The predicted octanol–water partition coefficient (Wildman–Crippen LogP) is 0.998. The van der Waals surface area contributed by atoms with Crippen molar-refractivity contribution in [1.82, 2.24) is 9.71 Å². The molecular formula is C11H15FN2O4S. The predicted molar refractivity (Wildman–Crippen MR) is 65.4 cm³/mol. The minimum Gasteiger partial charge on any atom is -0.480 e. The minimum atomic E-state index is -4.34. The number of sulfonamides is 1. The molecule has 0 radical (unpaired) electrons. The van der Waals surface area contributed by atoms with E-state index >= 15 is 0 Å². The van der Waals surface area contributed by atoms with E-state index in [-0.39, 0.29) is 0 Å². The third kappa shape index (κ3) is 3.71. The van der Waals surface area contributed by atoms with Crippen LogP contribution in [0.1, 0.15) is 20.8 Å². The molecule has 1 heterocycles. The molecule has 2 N–H and O–H groups in total. The molecule has 19 heavy (non-hydrogen) atoms. The number of hydrogen-bond acceptors (Lipinski definition) is 4. The van der Waals surface area contributed by atoms with Gasteiger partial charge in [-0.1, -0.05) is 20.8 Å². The maximum Gasteiger partial charge on any atom is 0.322 e. The van der Waals surface area contributed by atoms with Gasteiger partial charge in [0.1, 0.15) is 6.04 Å². The molecule has 0 aliphatic heterocycles. The zero-order valence-corrected chi connectivity index (χ0v) is 11.5. The van der Waals surface area contributed by atoms with Crippen LogP contribution in [-0.2, 0) is 14.8 Å². The van der Waals surface area contributed by atoms with Gasteiger partial charge in [-0.3, -0.25) is 4.79 Å². The summed E-state index contributed by atoms with van der Waals surface area (Å²) >= 11 is 0. The van der Waals surface area contributed by atoms with Gasteiger partial charge < -0.3 is 5.11 Å². The van der Waals surface area contributed by atoms with Gasteiger partial charge in [-0.2, -0.15) is 4.72 Å². The topological polar surface area (TPSA) is 96.4 Å². The Morgan fingerprint density at radius 3 is 2.47 bits per heavy atom. The lowest BCUT2D eigenvalue weighted by Crippen LogP contribution is -2.49. The van der Waals surface area contributed by atoms with Crippen molar-refractivity contribution in [3.8, 4) is 0 Å². The third-order valence-electron chi connectivity index (χ3n) is 2.37. The van der Waals surface area contributed by atoms with E-state index < -0.39 is 38.3 Å². The zero-order chi connectivity index (χ0) is 14.8. The quantitative estimate of drug-likeness (QED) is 0.862. The number of aliphatic carboxylic acids is 1. The van der Waals surface area contributed by atoms with Gasteiger partial charge in [-0.05, 0) is 17.5 Å². The first-order valence-electron chi connectivity index (χ1n) is 5.41. The zero-order valence-electron chi connectivity index (χ0n) is 10.7. The van der Waals surface area contributed by atoms with Gasteiger partial charge in [0.25, 0.3) is 10.0 Å². The second-order valence-corrected chi connectivity index (χ2v) is 6.68. The van der Waals surface area contributed by atoms with Crippen LogP contribution < -0.4 is 4.72 Å². The van der Waals surface area contributed by atoms with E-state index in [0.29, 0.717) is 0 Å². The second-order valence-electron chi connectivity index (χ2n) is 5.05. The fourth-order valence-electron chi connectivity index (χ4n) is 1.38. The number of hydrogen-bond donors (Lipinski definition) is 2. The summed E-state index contributed by atoms with van der Waals surface area (Å²) in [5.74, 6) is -2.37. The van der Waals surface area contributed by atoms with Gasteiger partial charge in [0.15, 0.2) is 5.82 Å². The molecule has 0 amide bonds. The molecule has 0 aliphatic carbocycles. The molecule has 1 aromatic heterocycles. The van der Waals surface area contributed by atoms with E-state index in [1.54, 1.807) is 20.8 Å². The second kappa shape index (κ2) is 5.22. The van der Waals surface area contributed by atoms with Crippen molar-refractivity contribution in [1.29, 1.82) is 0 Å². The minimum absolute atomic E-state index is 0.814. The van der Waals surface area contributed by atoms with Crippen molar-refractivity contribution in [2.24, 2.45) is 5.41 Å². The van der Waals surface area contributed by atoms with Gasteiger partial charge in [-0.15, -0.1) is 0 Å². The Hall–Kier alpha value is -1.54. The van der Waals surface area contributed by atoms with Crippen molar-refractivity contribution in [2.45, 2.75) is 31.8 Å². The molecule has 0 saturated carbocycles. The van der Waals surface area contributed by atoms with Crippen LogP contribution >= 0.6 is 0 Å². The first-order chi connectivity index (χ1) is 8.55. The molecule has 0 bridgehead atoms. The highest BCUT2D eigenvalue weighted by Gasteiger charge is 2.36. The summed E-state index contributed by atoms with van der Waals surface area (Å²) in [5.41, 5.74) is -0.871. The Kier molecular flexibility index (Phi) is 4.26. The standard InChI is InChI=1S/C11H15FN2O4S/c1-11(2,3)8(10(15)16)14-19(17,18)9-7(12)5-4-6-13-9/h4-6,8,14H,1-3H3,(H,15,16)/t8-/m1/s1. The summed E-state index contributed by atoms with van der Waals surface area (Å²) in [7, 11) is -4.34. The van der Waals surface area contributed by atoms with Gasteiger partial charge in [0.05, 0.1) is 0 Å². The van der Waals surface area contributed by atoms with Gasteiger partial charge in [0.2, 0.25) is 5.03 Å². The van der Waals surface area contributed by atoms with E-state index in [1.165, 1.54) is 6.07 Å². The van der Waals surface area contributed by atoms with Crippen LogP contribution in [0.5, 0.6) is 0 Å². The summed E-state index contributed by atoms with van der Waals surface area (Å²) in [6.45, 7) is 4.68. The maximum atomic E-state index is 13.4. The molecule has 1 rings (SSSR count). The van der Waals surface area contributed by atoms with Crippen LogP contribution in [0.15, 0.2) is 23.4 Å². The number of rotatable bonds is 4. The lowest BCUT2D eigenvalue weighted by molar-refractivity contribution is -0.141. The highest BCUT2D eigenvalue weighted by Crippen LogP contribution is 2.22. The van der Waals surface area contributed by atoms with Gasteiger partial charge in [0, 0.05) is 6.20 Å². The average Bonchev–Trinajstić information content (AvgIpc) is 2.24. The molecule has 0 aliphatic rings. The summed E-state index contributed by atoms with van der Waals surface area (Å²) in [4.78, 5) is 14.5. The van der Waals surface area contributed by atoms with Crippen LogP contribution in [0.25, 0.3) is 0 Å². The average molecular weight is 290 g/mol. The number of aromatic nitrogens is 1. The van der Waals surface area contributed by atoms with E-state index in [1.807, 2.05) is 4.72 Å². The molecule has 0 fully saturated rings. The maximum absolute atomic E-state index is 13.4. The normalized spacial score (nSPS) is 14.1. The molecular weight excluding hydrogens is 275 g/mol. The number of carboxylic acid groups (broad SMARTS) is 1. The highest BCUT2D eigenvalue weighted by molar-refractivity contribution is 7.89. The van der Waals surface area contributed by atoms with Crippen LogP contribution in [0.2, 0.25) is 0 Å². The molecule has 0 aromatic carbocycles. The smallest absolute Gasteiger partial charge is 0.322 e. The Morgan fingerprint density at radius 2 is 2.05 bits per heavy atom. The molecule has 1 atom stereocenters. The Bertz CT molecular complexity index is 581. The molecule has 8 heteroatoms. The van der Waals surface area contributed by atoms with Crippen molar-refractivity contribution in [2.75, 3.05) is 0 Å². The first-order valence-corrected chi connectivity index (χ1v) is 6.89. The van der Waals surface area contributed by atoms with Crippen molar-refractivity contribution in [3.63, 3.8) is 0 Å². The van der Waals surface area contributed by atoms with E-state index in [2.05, 4.69) is 4.98 Å². The highest BCUT2D eigenvalue weighted by atomic mass is 32.2. The number of carboxylic acids is 1. The first kappa shape index (κ1) is 15.5. The number of pyridine rings is 1. The molecule has 6 nitrogen and oxygen atoms in total. The van der Waals surface area contributed by atoms with E-state index in [4.69, 9.17) is 5.11 Å². The number of nitrogens with one attached hydrogen (secondary N) is 1. The van der Waals surface area contributed by atoms with Gasteiger partial charge >= 0.3 is 5.97 Å². The summed E-state index contributed by atoms with van der Waals surface area (Å²) in [5, 5.41) is 8.23. The lowest BCUT2D eigenvalue weighted by atomic mass is 9.88. The summed E-state index contributed by atoms with van der Waals surface area (Å²) in [6, 6.07) is 0.792. The van der Waals surface area contributed by atoms with Crippen molar-refractivity contribution in [3.05, 3.63) is 24.1 Å². The van der Waals surface area contributed by atoms with Crippen molar-refractivity contribution < 1.29 is 22.7 Å². The summed E-state index contributed by atoms with van der Waals surface area (Å²) in [6.07, 6.45) is 1.12. The number of nitrogens with zero attached hydrogens (tertiary/aromatic N) is 1. The molecule has 0 spiro atoms. The van der Waals surface area contributed by atoms with E-state index in [0.717, 1.165) is 12.3 Å². The van der Waals surface area contributed by atoms with Crippen molar-refractivity contribution >= 4 is 16.0 Å². The third-order valence-corrected chi connectivity index (χ3v) is 3.72. The Balaban J connectivity index is 3.16. The number of halogens is 1. The van der Waals surface area contributed by atoms with Crippen LogP contribution in [0.4, 0.5) is 4.39 Å². The molecule has 106 valence electrons. The molecule has 0 unspecified atom stereocenters. The van der Waals surface area contributed by atoms with Gasteiger partial charge in [-0.25, -0.2) is 17.8 Å². The van der Waals surface area contributed by atoms with Crippen LogP contribution in [-0.4, -0.2) is 30.5 Å². The molecule has 0 saturated heterocycles.